The second-order valence-electron chi connectivity index (χ2n) is 21.2. The first-order valence-corrected chi connectivity index (χ1v) is 25.6. The Morgan fingerprint density at radius 3 is 0.840 bits per heavy atom. The Morgan fingerprint density at radius 2 is 0.533 bits per heavy atom. The minimum Gasteiger partial charge on any atom is -0.308 e. The molecule has 0 unspecified atom stereocenters. The molecule has 7 heteroatoms. The number of hydrogen-bond donors (Lipinski definition) is 0. The summed E-state index contributed by atoms with van der Waals surface area (Å²) in [6.45, 7) is 13.8. The molecule has 0 N–H and O–H groups in total. The summed E-state index contributed by atoms with van der Waals surface area (Å²) in [7, 11) is 0. The van der Waals surface area contributed by atoms with Crippen LogP contribution in [0.25, 0.3) is 118 Å². The van der Waals surface area contributed by atoms with Crippen molar-refractivity contribution in [1.29, 1.82) is 0 Å². The predicted molar refractivity (Wildman–Crippen MR) is 308 cm³/mol. The van der Waals surface area contributed by atoms with Crippen LogP contribution in [0, 0.1) is 0 Å². The molecule has 0 saturated heterocycles. The quantitative estimate of drug-likeness (QED) is 0.143. The summed E-state index contributed by atoms with van der Waals surface area (Å²) in [6.07, 6.45) is 0. The summed E-state index contributed by atoms with van der Waals surface area (Å²) in [4.78, 5) is 30.7. The van der Waals surface area contributed by atoms with Crippen LogP contribution < -0.4 is 0 Å². The number of nitrogens with zero attached hydrogens (tertiary/aromatic N) is 7. The lowest BCUT2D eigenvalue weighted by Gasteiger charge is -2.22. The lowest BCUT2D eigenvalue weighted by Crippen LogP contribution is -2.11. The van der Waals surface area contributed by atoms with Crippen molar-refractivity contribution in [2.24, 2.45) is 0 Å². The highest BCUT2D eigenvalue weighted by Gasteiger charge is 2.27. The summed E-state index contributed by atoms with van der Waals surface area (Å²) in [5, 5.41) is 2.36. The van der Waals surface area contributed by atoms with E-state index in [0.29, 0.717) is 34.9 Å². The van der Waals surface area contributed by atoms with Crippen LogP contribution in [-0.2, 0) is 10.8 Å². The third kappa shape index (κ3) is 9.19. The molecule has 0 bridgehead atoms. The topological polar surface area (TPSA) is 82.3 Å². The largest absolute Gasteiger partial charge is 0.308 e. The maximum absolute atomic E-state index is 5.16. The molecule has 0 radical (unpaired) electrons. The van der Waals surface area contributed by atoms with Crippen molar-refractivity contribution in [2.75, 3.05) is 0 Å². The van der Waals surface area contributed by atoms with Crippen molar-refractivity contribution < 1.29 is 0 Å². The second-order valence-corrected chi connectivity index (χ2v) is 21.2. The van der Waals surface area contributed by atoms with Crippen molar-refractivity contribution in [1.82, 2.24) is 34.5 Å². The molecule has 0 atom stereocenters. The predicted octanol–water partition coefficient (Wildman–Crippen LogP) is 17.1. The fraction of sp³-hybridized carbons (Fsp3) is 0.118. The van der Waals surface area contributed by atoms with Crippen LogP contribution in [0.15, 0.2) is 224 Å². The monoisotopic (exact) mass is 969 g/mol. The van der Waals surface area contributed by atoms with Crippen molar-refractivity contribution in [2.45, 2.75) is 52.4 Å². The van der Waals surface area contributed by atoms with Crippen molar-refractivity contribution in [3.63, 3.8) is 0 Å². The smallest absolute Gasteiger partial charge is 0.164 e. The fourth-order valence-electron chi connectivity index (χ4n) is 9.94. The zero-order valence-corrected chi connectivity index (χ0v) is 43.0. The third-order valence-electron chi connectivity index (χ3n) is 14.0. The minimum atomic E-state index is -0.175. The highest BCUT2D eigenvalue weighted by atomic mass is 15.0. The third-order valence-corrected chi connectivity index (χ3v) is 14.0. The Kier molecular flexibility index (Phi) is 11.9. The molecule has 0 fully saturated rings. The van der Waals surface area contributed by atoms with Gasteiger partial charge in [0, 0.05) is 61.0 Å². The molecule has 362 valence electrons. The van der Waals surface area contributed by atoms with E-state index in [9.17, 15) is 0 Å². The van der Waals surface area contributed by atoms with Gasteiger partial charge in [0.05, 0.1) is 11.0 Å². The van der Waals surface area contributed by atoms with Gasteiger partial charge in [-0.15, -0.1) is 0 Å². The Morgan fingerprint density at radius 1 is 0.267 bits per heavy atom. The van der Waals surface area contributed by atoms with Gasteiger partial charge in [-0.2, -0.15) is 0 Å². The molecule has 0 aliphatic rings. The van der Waals surface area contributed by atoms with Crippen LogP contribution in [0.4, 0.5) is 0 Å². The maximum Gasteiger partial charge on any atom is 0.164 e. The lowest BCUT2D eigenvalue weighted by molar-refractivity contribution is 0.590. The van der Waals surface area contributed by atoms with Crippen molar-refractivity contribution in [3.05, 3.63) is 236 Å². The van der Waals surface area contributed by atoms with Gasteiger partial charge in [0.15, 0.2) is 34.9 Å². The first kappa shape index (κ1) is 46.8. The lowest BCUT2D eigenvalue weighted by atomic mass is 9.82. The summed E-state index contributed by atoms with van der Waals surface area (Å²) >= 11 is 0. The van der Waals surface area contributed by atoms with E-state index in [4.69, 9.17) is 29.9 Å². The van der Waals surface area contributed by atoms with Gasteiger partial charge in [-0.1, -0.05) is 217 Å². The van der Waals surface area contributed by atoms with E-state index in [1.807, 2.05) is 121 Å². The second kappa shape index (κ2) is 19.0. The van der Waals surface area contributed by atoms with Gasteiger partial charge in [-0.25, -0.2) is 29.9 Å². The molecule has 0 aliphatic heterocycles. The summed E-state index contributed by atoms with van der Waals surface area (Å²) in [5.41, 5.74) is 15.3. The van der Waals surface area contributed by atoms with Gasteiger partial charge in [-0.05, 0) is 81.6 Å². The van der Waals surface area contributed by atoms with E-state index in [1.54, 1.807) is 0 Å². The molecule has 75 heavy (non-hydrogen) atoms. The highest BCUT2D eigenvalue weighted by molar-refractivity contribution is 6.18. The molecule has 3 aromatic heterocycles. The Balaban J connectivity index is 1.12. The van der Waals surface area contributed by atoms with Crippen LogP contribution in [-0.4, -0.2) is 34.5 Å². The van der Waals surface area contributed by atoms with Crippen LogP contribution in [0.5, 0.6) is 0 Å². The average molecular weight is 970 g/mol. The first-order valence-electron chi connectivity index (χ1n) is 25.6. The number of aromatic nitrogens is 7. The standard InChI is InChI=1S/C68H55N7/c1-67(2,3)52-40-55(48-32-22-34-50(38-48)65-71-61(44-24-12-7-13-25-44)69-62(72-65)45-26-14-8-15-27-45)59-57(42-52)58-43-53(68(4,5)6)41-56(60(58)75(59)54-36-20-11-21-37-54)49-33-23-35-51(39-49)66-73-63(46-28-16-9-17-29-46)70-64(74-66)47-30-18-10-19-31-47/h7-43H,1-6H3. The van der Waals surface area contributed by atoms with E-state index < -0.39 is 0 Å². The molecule has 12 rings (SSSR count). The van der Waals surface area contributed by atoms with Crippen molar-refractivity contribution >= 4 is 21.8 Å². The zero-order valence-electron chi connectivity index (χ0n) is 43.0. The number of benzene rings is 9. The van der Waals surface area contributed by atoms with E-state index in [0.717, 1.165) is 72.4 Å². The molecule has 3 heterocycles. The Labute approximate surface area is 438 Å². The van der Waals surface area contributed by atoms with Crippen LogP contribution in [0.1, 0.15) is 52.7 Å². The molecule has 12 aromatic rings. The SMILES string of the molecule is CC(C)(C)c1cc(-c2cccc(-c3nc(-c4ccccc4)nc(-c4ccccc4)n3)c2)c2c(c1)c1cc(C(C)(C)C)cc(-c3cccc(-c4nc(-c5ccccc5)nc(-c5ccccc5)n4)c3)c1n2-c1ccccc1. The van der Waals surface area contributed by atoms with Gasteiger partial charge < -0.3 is 4.57 Å². The summed E-state index contributed by atoms with van der Waals surface area (Å²) in [6, 6.07) is 78.5. The maximum atomic E-state index is 5.16. The first-order chi connectivity index (χ1) is 36.4. The summed E-state index contributed by atoms with van der Waals surface area (Å²) in [5.74, 6) is 3.72. The summed E-state index contributed by atoms with van der Waals surface area (Å²) < 4.78 is 2.49. The molecule has 0 saturated carbocycles. The van der Waals surface area contributed by atoms with Crippen molar-refractivity contribution in [3.8, 4) is 96.3 Å². The highest BCUT2D eigenvalue weighted by Crippen LogP contribution is 2.47. The van der Waals surface area contributed by atoms with Gasteiger partial charge in [0.25, 0.3) is 0 Å². The molecule has 0 aliphatic carbocycles. The molecule has 9 aromatic carbocycles. The number of fused-ring (bicyclic) bond motifs is 3. The number of rotatable bonds is 9. The van der Waals surface area contributed by atoms with E-state index in [1.165, 1.54) is 21.9 Å². The van der Waals surface area contributed by atoms with E-state index in [-0.39, 0.29) is 10.8 Å². The number of hydrogen-bond acceptors (Lipinski definition) is 6. The Bertz CT molecular complexity index is 3680. The van der Waals surface area contributed by atoms with Crippen LogP contribution >= 0.6 is 0 Å². The minimum absolute atomic E-state index is 0.175. The van der Waals surface area contributed by atoms with E-state index >= 15 is 0 Å². The van der Waals surface area contributed by atoms with E-state index in [2.05, 4.69) is 149 Å². The molecule has 7 nitrogen and oxygen atoms in total. The number of para-hydroxylation sites is 1. The molecular weight excluding hydrogens is 915 g/mol. The van der Waals surface area contributed by atoms with Crippen LogP contribution in [0.2, 0.25) is 0 Å². The normalized spacial score (nSPS) is 11.9. The molecular formula is C68H55N7. The molecule has 0 spiro atoms. The van der Waals surface area contributed by atoms with Gasteiger partial charge >= 0.3 is 0 Å². The van der Waals surface area contributed by atoms with Gasteiger partial charge in [0.2, 0.25) is 0 Å². The Hall–Kier alpha value is -9.20. The average Bonchev–Trinajstić information content (AvgIpc) is 3.82. The molecule has 0 amide bonds. The van der Waals surface area contributed by atoms with Crippen LogP contribution in [0.3, 0.4) is 0 Å². The zero-order chi connectivity index (χ0) is 51.3. The van der Waals surface area contributed by atoms with Gasteiger partial charge in [-0.3, -0.25) is 0 Å². The fourth-order valence-corrected chi connectivity index (χ4v) is 9.94. The van der Waals surface area contributed by atoms with Gasteiger partial charge in [0.1, 0.15) is 0 Å².